The van der Waals surface area contributed by atoms with Crippen molar-refractivity contribution in [1.82, 2.24) is 19.5 Å². The lowest BCUT2D eigenvalue weighted by Gasteiger charge is -2.02. The highest BCUT2D eigenvalue weighted by Crippen LogP contribution is 2.21. The van der Waals surface area contributed by atoms with E-state index in [9.17, 15) is 4.79 Å². The second kappa shape index (κ2) is 5.63. The Morgan fingerprint density at radius 3 is 2.83 bits per heavy atom. The number of imidazole rings is 1. The van der Waals surface area contributed by atoms with Gasteiger partial charge in [0, 0.05) is 6.42 Å². The fourth-order valence-corrected chi connectivity index (χ4v) is 2.09. The Balaban J connectivity index is 2.31. The van der Waals surface area contributed by atoms with Crippen molar-refractivity contribution in [2.75, 3.05) is 0 Å². The number of carbonyl (C=O) groups is 1. The molecule has 2 aromatic heterocycles. The van der Waals surface area contributed by atoms with E-state index in [1.54, 1.807) is 0 Å². The Morgan fingerprint density at radius 1 is 1.33 bits per heavy atom. The average Bonchev–Trinajstić information content (AvgIpc) is 2.73. The van der Waals surface area contributed by atoms with Crippen molar-refractivity contribution >= 4 is 40.3 Å². The standard InChI is InChI=1S/C11H12Cl2N4O/c1-2-3-4-5-7(18)17-6-14-8-9(12)15-11(13)16-10(8)17/h6H,2-5H2,1H3. The molecule has 0 aliphatic heterocycles. The van der Waals surface area contributed by atoms with E-state index in [1.165, 1.54) is 10.9 Å². The molecule has 0 saturated heterocycles. The van der Waals surface area contributed by atoms with Gasteiger partial charge in [0.25, 0.3) is 0 Å². The van der Waals surface area contributed by atoms with E-state index in [1.807, 2.05) is 0 Å². The van der Waals surface area contributed by atoms with Crippen molar-refractivity contribution in [2.24, 2.45) is 0 Å². The van der Waals surface area contributed by atoms with Gasteiger partial charge in [0.05, 0.1) is 0 Å². The predicted molar refractivity (Wildman–Crippen MR) is 70.1 cm³/mol. The quantitative estimate of drug-likeness (QED) is 0.491. The lowest BCUT2D eigenvalue weighted by atomic mass is 10.2. The number of unbranched alkanes of at least 4 members (excludes halogenated alkanes) is 2. The first-order valence-electron chi connectivity index (χ1n) is 5.72. The van der Waals surface area contributed by atoms with Gasteiger partial charge in [-0.2, -0.15) is 4.98 Å². The summed E-state index contributed by atoms with van der Waals surface area (Å²) in [6.45, 7) is 2.09. The maximum Gasteiger partial charge on any atom is 0.233 e. The van der Waals surface area contributed by atoms with Gasteiger partial charge >= 0.3 is 0 Å². The first kappa shape index (κ1) is 13.2. The number of carbonyl (C=O) groups excluding carboxylic acids is 1. The molecule has 0 aliphatic carbocycles. The lowest BCUT2D eigenvalue weighted by Crippen LogP contribution is -2.09. The van der Waals surface area contributed by atoms with E-state index >= 15 is 0 Å². The second-order valence-corrected chi connectivity index (χ2v) is 4.62. The van der Waals surface area contributed by atoms with Gasteiger partial charge in [-0.3, -0.25) is 9.36 Å². The second-order valence-electron chi connectivity index (χ2n) is 3.92. The zero-order chi connectivity index (χ0) is 13.1. The molecule has 0 N–H and O–H groups in total. The van der Waals surface area contributed by atoms with Gasteiger partial charge < -0.3 is 0 Å². The topological polar surface area (TPSA) is 60.7 Å². The highest BCUT2D eigenvalue weighted by molar-refractivity contribution is 6.35. The number of hydrogen-bond donors (Lipinski definition) is 0. The zero-order valence-corrected chi connectivity index (χ0v) is 11.4. The Hall–Kier alpha value is -1.20. The Labute approximate surface area is 114 Å². The Kier molecular flexibility index (Phi) is 4.14. The molecule has 0 aromatic carbocycles. The van der Waals surface area contributed by atoms with Crippen LogP contribution in [-0.4, -0.2) is 25.4 Å². The van der Waals surface area contributed by atoms with Crippen LogP contribution in [0.2, 0.25) is 10.4 Å². The maximum atomic E-state index is 12.0. The van der Waals surface area contributed by atoms with Gasteiger partial charge in [0.2, 0.25) is 11.2 Å². The third-order valence-corrected chi connectivity index (χ3v) is 3.02. The van der Waals surface area contributed by atoms with E-state index in [2.05, 4.69) is 21.9 Å². The fourth-order valence-electron chi connectivity index (χ4n) is 1.67. The van der Waals surface area contributed by atoms with Crippen LogP contribution >= 0.6 is 23.2 Å². The molecule has 2 rings (SSSR count). The summed E-state index contributed by atoms with van der Waals surface area (Å²) in [4.78, 5) is 23.8. The average molecular weight is 287 g/mol. The van der Waals surface area contributed by atoms with Crippen molar-refractivity contribution in [3.8, 4) is 0 Å². The molecule has 0 amide bonds. The molecule has 18 heavy (non-hydrogen) atoms. The maximum absolute atomic E-state index is 12.0. The largest absolute Gasteiger partial charge is 0.274 e. The van der Waals surface area contributed by atoms with Crippen LogP contribution in [0.1, 0.15) is 37.4 Å². The predicted octanol–water partition coefficient (Wildman–Crippen LogP) is 3.35. The van der Waals surface area contributed by atoms with Crippen molar-refractivity contribution in [3.05, 3.63) is 16.8 Å². The molecule has 0 atom stereocenters. The third kappa shape index (κ3) is 2.62. The smallest absolute Gasteiger partial charge is 0.233 e. The molecule has 0 bridgehead atoms. The van der Waals surface area contributed by atoms with E-state index in [0.29, 0.717) is 17.6 Å². The van der Waals surface area contributed by atoms with Gasteiger partial charge in [-0.25, -0.2) is 9.97 Å². The lowest BCUT2D eigenvalue weighted by molar-refractivity contribution is 0.0903. The van der Waals surface area contributed by atoms with Crippen LogP contribution in [0, 0.1) is 0 Å². The summed E-state index contributed by atoms with van der Waals surface area (Å²) in [5, 5.41) is 0.167. The zero-order valence-electron chi connectivity index (χ0n) is 9.86. The van der Waals surface area contributed by atoms with Crippen LogP contribution < -0.4 is 0 Å². The first-order valence-corrected chi connectivity index (χ1v) is 6.48. The van der Waals surface area contributed by atoms with E-state index in [0.717, 1.165) is 19.3 Å². The molecule has 0 spiro atoms. The Morgan fingerprint density at radius 2 is 2.11 bits per heavy atom. The minimum atomic E-state index is -0.0585. The number of aromatic nitrogens is 4. The molecule has 0 saturated carbocycles. The third-order valence-electron chi connectivity index (χ3n) is 2.59. The van der Waals surface area contributed by atoms with Crippen LogP contribution in [0.5, 0.6) is 0 Å². The summed E-state index contributed by atoms with van der Waals surface area (Å²) in [7, 11) is 0. The van der Waals surface area contributed by atoms with Gasteiger partial charge in [0.1, 0.15) is 11.8 Å². The van der Waals surface area contributed by atoms with E-state index in [-0.39, 0.29) is 16.3 Å². The van der Waals surface area contributed by atoms with Crippen molar-refractivity contribution in [2.45, 2.75) is 32.6 Å². The van der Waals surface area contributed by atoms with E-state index < -0.39 is 0 Å². The summed E-state index contributed by atoms with van der Waals surface area (Å²) in [6.07, 6.45) is 4.81. The molecular formula is C11H12Cl2N4O. The summed E-state index contributed by atoms with van der Waals surface area (Å²) in [5.74, 6) is -0.0585. The van der Waals surface area contributed by atoms with E-state index in [4.69, 9.17) is 23.2 Å². The monoisotopic (exact) mass is 286 g/mol. The van der Waals surface area contributed by atoms with Gasteiger partial charge in [-0.05, 0) is 18.0 Å². The molecule has 2 aromatic rings. The van der Waals surface area contributed by atoms with Gasteiger partial charge in [-0.15, -0.1) is 0 Å². The van der Waals surface area contributed by atoms with Crippen LogP contribution in [-0.2, 0) is 0 Å². The summed E-state index contributed by atoms with van der Waals surface area (Å²) in [6, 6.07) is 0. The van der Waals surface area contributed by atoms with Crippen LogP contribution in [0.4, 0.5) is 0 Å². The van der Waals surface area contributed by atoms with Crippen LogP contribution in [0.3, 0.4) is 0 Å². The highest BCUT2D eigenvalue weighted by atomic mass is 35.5. The van der Waals surface area contributed by atoms with Crippen molar-refractivity contribution in [1.29, 1.82) is 0 Å². The van der Waals surface area contributed by atoms with Gasteiger partial charge in [0.15, 0.2) is 10.8 Å². The van der Waals surface area contributed by atoms with Crippen LogP contribution in [0.25, 0.3) is 11.2 Å². The normalized spacial score (nSPS) is 11.1. The molecule has 0 aliphatic rings. The molecular weight excluding hydrogens is 275 g/mol. The SMILES string of the molecule is CCCCCC(=O)n1cnc2c(Cl)nc(Cl)nc21. The van der Waals surface area contributed by atoms with Crippen LogP contribution in [0.15, 0.2) is 6.33 Å². The number of nitrogens with zero attached hydrogens (tertiary/aromatic N) is 4. The summed E-state index contributed by atoms with van der Waals surface area (Å²) in [5.41, 5.74) is 0.756. The molecule has 96 valence electrons. The number of halogens is 2. The van der Waals surface area contributed by atoms with Crippen molar-refractivity contribution < 1.29 is 4.79 Å². The number of hydrogen-bond acceptors (Lipinski definition) is 4. The molecule has 5 nitrogen and oxygen atoms in total. The molecule has 7 heteroatoms. The first-order chi connectivity index (χ1) is 8.63. The Bertz CT molecular complexity index is 582. The van der Waals surface area contributed by atoms with Gasteiger partial charge in [-0.1, -0.05) is 31.4 Å². The molecule has 0 fully saturated rings. The fraction of sp³-hybridized carbons (Fsp3) is 0.455. The van der Waals surface area contributed by atoms with Crippen molar-refractivity contribution in [3.63, 3.8) is 0 Å². The molecule has 0 radical (unpaired) electrons. The summed E-state index contributed by atoms with van der Waals surface area (Å²) >= 11 is 11.6. The molecule has 0 unspecified atom stereocenters. The highest BCUT2D eigenvalue weighted by Gasteiger charge is 2.15. The number of rotatable bonds is 4. The molecule has 2 heterocycles. The summed E-state index contributed by atoms with van der Waals surface area (Å²) < 4.78 is 1.38. The minimum absolute atomic E-state index is 0.00982. The number of fused-ring (bicyclic) bond motifs is 1. The minimum Gasteiger partial charge on any atom is -0.274 e.